The number of amides is 1. The zero-order valence-corrected chi connectivity index (χ0v) is 24.9. The fourth-order valence-electron chi connectivity index (χ4n) is 3.00. The van der Waals surface area contributed by atoms with Gasteiger partial charge in [0.15, 0.2) is 17.2 Å². The lowest BCUT2D eigenvalue weighted by molar-refractivity contribution is -0.149. The fraction of sp³-hybridized carbons (Fsp3) is 0.355. The third kappa shape index (κ3) is 15.9. The number of carbonyl (C=O) groups excluding carboxylic acids is 3. The smallest absolute Gasteiger partial charge is 0.305 e. The number of hydrogen-bond donors (Lipinski definition) is 1. The number of nitrogens with zero attached hydrogens (tertiary/aromatic N) is 1. The molecule has 0 saturated heterocycles. The molecule has 0 spiro atoms. The summed E-state index contributed by atoms with van der Waals surface area (Å²) in [6.45, 7) is 7.37. The van der Waals surface area contributed by atoms with E-state index >= 15 is 0 Å². The topological polar surface area (TPSA) is 136 Å². The van der Waals surface area contributed by atoms with Crippen LogP contribution in [0.25, 0.3) is 0 Å². The molecular formula is C31H38F2N2O8. The highest BCUT2D eigenvalue weighted by Crippen LogP contribution is 2.29. The van der Waals surface area contributed by atoms with E-state index in [1.165, 1.54) is 50.6 Å². The van der Waals surface area contributed by atoms with Gasteiger partial charge in [-0.3, -0.25) is 14.4 Å². The molecule has 234 valence electrons. The Morgan fingerprint density at radius 1 is 0.977 bits per heavy atom. The van der Waals surface area contributed by atoms with E-state index < -0.39 is 11.9 Å². The van der Waals surface area contributed by atoms with E-state index in [0.29, 0.717) is 26.1 Å². The first-order valence-electron chi connectivity index (χ1n) is 13.3. The lowest BCUT2D eigenvalue weighted by Gasteiger charge is -2.12. The molecule has 3 aromatic rings. The van der Waals surface area contributed by atoms with Crippen LogP contribution < -0.4 is 15.2 Å². The van der Waals surface area contributed by atoms with Crippen LogP contribution in [0.15, 0.2) is 60.8 Å². The highest BCUT2D eigenvalue weighted by Gasteiger charge is 2.16. The van der Waals surface area contributed by atoms with Crippen LogP contribution in [0.1, 0.15) is 55.2 Å². The molecule has 1 unspecified atom stereocenters. The SMILES string of the molecule is CCC(=O)OC(C)CCOCc1ccc(F)cc1.COc1ccnc(C(N)=O)c1OCOC(C)=O.Cc1ccc(F)cc1. The van der Waals surface area contributed by atoms with Gasteiger partial charge < -0.3 is 29.4 Å². The Morgan fingerprint density at radius 2 is 1.58 bits per heavy atom. The molecule has 2 aromatic carbocycles. The van der Waals surface area contributed by atoms with Crippen LogP contribution in [0.5, 0.6) is 11.5 Å². The second-order valence-electron chi connectivity index (χ2n) is 8.87. The molecule has 0 bridgehead atoms. The number of carbonyl (C=O) groups is 3. The van der Waals surface area contributed by atoms with Crippen molar-refractivity contribution in [1.82, 2.24) is 4.98 Å². The van der Waals surface area contributed by atoms with Crippen molar-refractivity contribution < 1.29 is 46.8 Å². The van der Waals surface area contributed by atoms with Crippen LogP contribution in [0.4, 0.5) is 8.78 Å². The van der Waals surface area contributed by atoms with Gasteiger partial charge in [0.05, 0.1) is 20.3 Å². The van der Waals surface area contributed by atoms with Crippen molar-refractivity contribution in [2.45, 2.75) is 53.2 Å². The van der Waals surface area contributed by atoms with Gasteiger partial charge in [-0.1, -0.05) is 36.8 Å². The lowest BCUT2D eigenvalue weighted by Crippen LogP contribution is -2.17. The van der Waals surface area contributed by atoms with E-state index in [2.05, 4.69) is 9.72 Å². The van der Waals surface area contributed by atoms with Crippen molar-refractivity contribution >= 4 is 17.8 Å². The zero-order chi connectivity index (χ0) is 32.2. The second kappa shape index (κ2) is 20.3. The highest BCUT2D eigenvalue weighted by atomic mass is 19.1. The molecule has 1 aromatic heterocycles. The first-order valence-corrected chi connectivity index (χ1v) is 13.3. The summed E-state index contributed by atoms with van der Waals surface area (Å²) in [5.41, 5.74) is 7.05. The predicted octanol–water partition coefficient (Wildman–Crippen LogP) is 5.30. The summed E-state index contributed by atoms with van der Waals surface area (Å²) in [7, 11) is 1.40. The summed E-state index contributed by atoms with van der Waals surface area (Å²) in [5, 5.41) is 0. The summed E-state index contributed by atoms with van der Waals surface area (Å²) in [4.78, 5) is 36.4. The van der Waals surface area contributed by atoms with Crippen LogP contribution in [-0.2, 0) is 30.4 Å². The maximum Gasteiger partial charge on any atom is 0.305 e. The first-order chi connectivity index (χ1) is 20.5. The van der Waals surface area contributed by atoms with Crippen molar-refractivity contribution in [3.8, 4) is 11.5 Å². The Balaban J connectivity index is 0.000000345. The number of primary amides is 1. The number of nitrogens with two attached hydrogens (primary N) is 1. The Hall–Kier alpha value is -4.58. The van der Waals surface area contributed by atoms with E-state index in [4.69, 9.17) is 24.7 Å². The highest BCUT2D eigenvalue weighted by molar-refractivity contribution is 5.94. The van der Waals surface area contributed by atoms with Gasteiger partial charge >= 0.3 is 11.9 Å². The molecule has 3 rings (SSSR count). The molecule has 0 fully saturated rings. The van der Waals surface area contributed by atoms with E-state index in [1.54, 1.807) is 31.2 Å². The molecular weight excluding hydrogens is 566 g/mol. The minimum Gasteiger partial charge on any atom is -0.493 e. The molecule has 0 aliphatic rings. The number of halogens is 2. The Morgan fingerprint density at radius 3 is 2.09 bits per heavy atom. The number of hydrogen-bond acceptors (Lipinski definition) is 9. The summed E-state index contributed by atoms with van der Waals surface area (Å²) in [5.74, 6) is -1.56. The molecule has 1 heterocycles. The van der Waals surface area contributed by atoms with Gasteiger partial charge in [-0.2, -0.15) is 0 Å². The number of methoxy groups -OCH3 is 1. The number of aryl methyl sites for hydroxylation is 1. The predicted molar refractivity (Wildman–Crippen MR) is 154 cm³/mol. The molecule has 1 amide bonds. The summed E-state index contributed by atoms with van der Waals surface area (Å²) >= 11 is 0. The van der Waals surface area contributed by atoms with E-state index in [1.807, 2.05) is 13.8 Å². The fourth-order valence-corrected chi connectivity index (χ4v) is 3.00. The average Bonchev–Trinajstić information content (AvgIpc) is 2.98. The zero-order valence-electron chi connectivity index (χ0n) is 24.9. The Labute approximate surface area is 250 Å². The number of esters is 2. The number of aromatic nitrogens is 1. The van der Waals surface area contributed by atoms with Gasteiger partial charge in [-0.25, -0.2) is 13.8 Å². The molecule has 0 aliphatic heterocycles. The molecule has 10 nitrogen and oxygen atoms in total. The van der Waals surface area contributed by atoms with Gasteiger partial charge in [0.25, 0.3) is 5.91 Å². The third-order valence-electron chi connectivity index (χ3n) is 5.27. The summed E-state index contributed by atoms with van der Waals surface area (Å²) in [6, 6.07) is 14.1. The number of benzene rings is 2. The molecule has 2 N–H and O–H groups in total. The molecule has 12 heteroatoms. The van der Waals surface area contributed by atoms with Gasteiger partial charge in [-0.05, 0) is 43.7 Å². The van der Waals surface area contributed by atoms with Crippen molar-refractivity contribution in [3.63, 3.8) is 0 Å². The average molecular weight is 605 g/mol. The molecule has 1 atom stereocenters. The molecule has 43 heavy (non-hydrogen) atoms. The molecule has 0 radical (unpaired) electrons. The number of ether oxygens (including phenoxy) is 5. The van der Waals surface area contributed by atoms with Crippen molar-refractivity contribution in [1.29, 1.82) is 0 Å². The number of pyridine rings is 1. The van der Waals surface area contributed by atoms with Crippen molar-refractivity contribution in [2.24, 2.45) is 5.73 Å². The minimum atomic E-state index is -0.762. The van der Waals surface area contributed by atoms with E-state index in [-0.39, 0.29) is 47.7 Å². The Kier molecular flexibility index (Phi) is 17.2. The summed E-state index contributed by atoms with van der Waals surface area (Å²) in [6.07, 6.45) is 2.27. The maximum absolute atomic E-state index is 12.6. The second-order valence-corrected chi connectivity index (χ2v) is 8.87. The Bertz CT molecular complexity index is 1250. The maximum atomic E-state index is 12.6. The van der Waals surface area contributed by atoms with Crippen LogP contribution >= 0.6 is 0 Å². The van der Waals surface area contributed by atoms with Gasteiger partial charge in [0.2, 0.25) is 6.79 Å². The van der Waals surface area contributed by atoms with Gasteiger partial charge in [-0.15, -0.1) is 0 Å². The van der Waals surface area contributed by atoms with E-state index in [0.717, 1.165) is 11.1 Å². The van der Waals surface area contributed by atoms with Crippen LogP contribution in [0.2, 0.25) is 0 Å². The minimum absolute atomic E-state index is 0.0451. The van der Waals surface area contributed by atoms with Crippen molar-refractivity contribution in [2.75, 3.05) is 20.5 Å². The largest absolute Gasteiger partial charge is 0.493 e. The van der Waals surface area contributed by atoms with Gasteiger partial charge in [0, 0.05) is 32.0 Å². The molecule has 0 saturated carbocycles. The summed E-state index contributed by atoms with van der Waals surface area (Å²) < 4.78 is 49.9. The van der Waals surface area contributed by atoms with Crippen LogP contribution in [-0.4, -0.2) is 49.4 Å². The van der Waals surface area contributed by atoms with Gasteiger partial charge in [0.1, 0.15) is 17.7 Å². The standard InChI is InChI=1S/C14H19FO3.C10H12N2O5.C7H7F/c1-3-14(16)18-11(2)8-9-17-10-12-4-6-13(15)7-5-12;1-6(13)16-5-17-9-7(15-2)3-4-12-8(9)10(11)14;1-6-2-4-7(8)5-3-6/h4-7,11H,3,8-10H2,1-2H3;3-4H,5H2,1-2H3,(H2,11,14);2-5H,1H3. The normalized spacial score (nSPS) is 10.6. The van der Waals surface area contributed by atoms with Crippen molar-refractivity contribution in [3.05, 3.63) is 89.2 Å². The van der Waals surface area contributed by atoms with E-state index in [9.17, 15) is 23.2 Å². The third-order valence-corrected chi connectivity index (χ3v) is 5.27. The molecule has 0 aliphatic carbocycles. The first kappa shape index (κ1) is 36.4. The van der Waals surface area contributed by atoms with Crippen LogP contribution in [0.3, 0.4) is 0 Å². The number of rotatable bonds is 12. The quantitative estimate of drug-likeness (QED) is 0.166. The van der Waals surface area contributed by atoms with Crippen LogP contribution in [0, 0.1) is 18.6 Å². The lowest BCUT2D eigenvalue weighted by atomic mass is 10.2. The monoisotopic (exact) mass is 604 g/mol.